The number of aryl methyl sites for hydroxylation is 1. The smallest absolute Gasteiger partial charge is 0.238 e. The minimum absolute atomic E-state index is 0.0560. The van der Waals surface area contributed by atoms with Crippen molar-refractivity contribution in [2.45, 2.75) is 61.9 Å². The van der Waals surface area contributed by atoms with Crippen molar-refractivity contribution in [2.24, 2.45) is 13.0 Å². The Morgan fingerprint density at radius 2 is 2.06 bits per heavy atom. The van der Waals surface area contributed by atoms with Crippen molar-refractivity contribution < 1.29 is 4.79 Å². The molecule has 1 fully saturated rings. The summed E-state index contributed by atoms with van der Waals surface area (Å²) in [6.45, 7) is 2.29. The van der Waals surface area contributed by atoms with Gasteiger partial charge in [0, 0.05) is 18.0 Å². The quantitative estimate of drug-likeness (QED) is 0.503. The summed E-state index contributed by atoms with van der Waals surface area (Å²) in [4.78, 5) is 15.7. The van der Waals surface area contributed by atoms with Crippen LogP contribution in [0, 0.1) is 5.92 Å². The first-order valence-corrected chi connectivity index (χ1v) is 12.8. The SMILES string of the molecule is CC[C@@H]1CCc2sc(-c3nnc(S[C@@H](C(=O)NC4CC4)c4ccccc4)n3C)cc2C1. The van der Waals surface area contributed by atoms with Crippen LogP contribution in [0.25, 0.3) is 10.7 Å². The Hall–Kier alpha value is -2.12. The molecule has 162 valence electrons. The fourth-order valence-electron chi connectivity index (χ4n) is 4.20. The van der Waals surface area contributed by atoms with Crippen LogP contribution in [0.15, 0.2) is 41.6 Å². The van der Waals surface area contributed by atoms with Gasteiger partial charge in [-0.15, -0.1) is 21.5 Å². The second-order valence-electron chi connectivity index (χ2n) is 8.63. The van der Waals surface area contributed by atoms with E-state index in [4.69, 9.17) is 0 Å². The molecule has 0 spiro atoms. The molecule has 31 heavy (non-hydrogen) atoms. The number of thiophene rings is 1. The van der Waals surface area contributed by atoms with E-state index in [1.54, 1.807) is 0 Å². The first-order valence-electron chi connectivity index (χ1n) is 11.2. The van der Waals surface area contributed by atoms with E-state index in [0.29, 0.717) is 6.04 Å². The second-order valence-corrected chi connectivity index (χ2v) is 10.8. The number of carbonyl (C=O) groups is 1. The topological polar surface area (TPSA) is 59.8 Å². The van der Waals surface area contributed by atoms with Gasteiger partial charge in [-0.2, -0.15) is 0 Å². The Labute approximate surface area is 191 Å². The lowest BCUT2D eigenvalue weighted by Gasteiger charge is -2.19. The standard InChI is InChI=1S/C24H28N4OS2/c1-3-15-9-12-19-17(13-15)14-20(30-19)22-26-27-24(28(22)2)31-21(16-7-5-4-6-8-16)23(29)25-18-10-11-18/h4-8,14-15,18,21H,3,9-13H2,1-2H3,(H,25,29)/t15-,21-/m1/s1. The molecule has 1 saturated carbocycles. The zero-order chi connectivity index (χ0) is 21.4. The van der Waals surface area contributed by atoms with Crippen molar-refractivity contribution in [1.29, 1.82) is 0 Å². The van der Waals surface area contributed by atoms with Crippen LogP contribution in [-0.2, 0) is 24.7 Å². The number of benzene rings is 1. The Morgan fingerprint density at radius 1 is 1.26 bits per heavy atom. The Morgan fingerprint density at radius 3 is 2.81 bits per heavy atom. The summed E-state index contributed by atoms with van der Waals surface area (Å²) >= 11 is 3.34. The highest BCUT2D eigenvalue weighted by molar-refractivity contribution is 8.00. The molecular formula is C24H28N4OS2. The zero-order valence-corrected chi connectivity index (χ0v) is 19.6. The van der Waals surface area contributed by atoms with Gasteiger partial charge >= 0.3 is 0 Å². The molecule has 0 bridgehead atoms. The van der Waals surface area contributed by atoms with E-state index in [0.717, 1.165) is 35.3 Å². The summed E-state index contributed by atoms with van der Waals surface area (Å²) in [6, 6.07) is 12.6. The second kappa shape index (κ2) is 8.79. The lowest BCUT2D eigenvalue weighted by molar-refractivity contribution is -0.120. The number of thioether (sulfide) groups is 1. The van der Waals surface area contributed by atoms with Gasteiger partial charge in [-0.1, -0.05) is 55.4 Å². The van der Waals surface area contributed by atoms with Gasteiger partial charge in [-0.3, -0.25) is 4.79 Å². The van der Waals surface area contributed by atoms with E-state index in [9.17, 15) is 4.79 Å². The highest BCUT2D eigenvalue weighted by Gasteiger charge is 2.31. The van der Waals surface area contributed by atoms with Crippen molar-refractivity contribution in [3.63, 3.8) is 0 Å². The maximum atomic E-state index is 13.0. The van der Waals surface area contributed by atoms with E-state index >= 15 is 0 Å². The number of carbonyl (C=O) groups excluding carboxylic acids is 1. The van der Waals surface area contributed by atoms with Crippen LogP contribution in [-0.4, -0.2) is 26.7 Å². The maximum absolute atomic E-state index is 13.0. The van der Waals surface area contributed by atoms with Gasteiger partial charge in [0.1, 0.15) is 5.25 Å². The van der Waals surface area contributed by atoms with Crippen LogP contribution >= 0.6 is 23.1 Å². The molecule has 0 aliphatic heterocycles. The molecule has 3 aromatic rings. The molecule has 1 N–H and O–H groups in total. The fraction of sp³-hybridized carbons (Fsp3) is 0.458. The molecule has 5 nitrogen and oxygen atoms in total. The van der Waals surface area contributed by atoms with Gasteiger partial charge in [0.05, 0.1) is 4.88 Å². The number of amides is 1. The summed E-state index contributed by atoms with van der Waals surface area (Å²) in [6.07, 6.45) is 7.05. The molecule has 7 heteroatoms. The molecule has 2 aliphatic carbocycles. The third-order valence-electron chi connectivity index (χ3n) is 6.30. The third kappa shape index (κ3) is 4.44. The summed E-state index contributed by atoms with van der Waals surface area (Å²) in [5.41, 5.74) is 2.48. The van der Waals surface area contributed by atoms with Crippen LogP contribution < -0.4 is 5.32 Å². The average Bonchev–Trinajstić information content (AvgIpc) is 3.38. The van der Waals surface area contributed by atoms with Crippen LogP contribution in [0.5, 0.6) is 0 Å². The van der Waals surface area contributed by atoms with Gasteiger partial charge < -0.3 is 9.88 Å². The van der Waals surface area contributed by atoms with Crippen molar-refractivity contribution in [2.75, 3.05) is 0 Å². The number of rotatable bonds is 7. The molecule has 1 amide bonds. The molecule has 0 radical (unpaired) electrons. The summed E-state index contributed by atoms with van der Waals surface area (Å²) < 4.78 is 2.04. The monoisotopic (exact) mass is 452 g/mol. The highest BCUT2D eigenvalue weighted by Crippen LogP contribution is 2.40. The van der Waals surface area contributed by atoms with Crippen molar-refractivity contribution >= 4 is 29.0 Å². The first-order chi connectivity index (χ1) is 15.1. The van der Waals surface area contributed by atoms with Crippen LogP contribution in [0.4, 0.5) is 0 Å². The number of nitrogens with zero attached hydrogens (tertiary/aromatic N) is 3. The van der Waals surface area contributed by atoms with Gasteiger partial charge in [-0.05, 0) is 55.2 Å². The van der Waals surface area contributed by atoms with Crippen molar-refractivity contribution in [3.8, 4) is 10.7 Å². The van der Waals surface area contributed by atoms with Crippen molar-refractivity contribution in [1.82, 2.24) is 20.1 Å². The van der Waals surface area contributed by atoms with Gasteiger partial charge in [-0.25, -0.2) is 0 Å². The van der Waals surface area contributed by atoms with Crippen LogP contribution in [0.3, 0.4) is 0 Å². The number of hydrogen-bond acceptors (Lipinski definition) is 5. The van der Waals surface area contributed by atoms with E-state index in [1.807, 2.05) is 53.3 Å². The minimum atomic E-state index is -0.334. The molecule has 0 saturated heterocycles. The van der Waals surface area contributed by atoms with E-state index < -0.39 is 0 Å². The normalized spacial score (nSPS) is 19.1. The molecule has 2 aromatic heterocycles. The summed E-state index contributed by atoms with van der Waals surface area (Å²) in [5.74, 6) is 1.75. The number of nitrogens with one attached hydrogen (secondary N) is 1. The average molecular weight is 453 g/mol. The predicted octanol–water partition coefficient (Wildman–Crippen LogP) is 5.17. The molecule has 0 unspecified atom stereocenters. The molecule has 1 aromatic carbocycles. The van der Waals surface area contributed by atoms with Crippen LogP contribution in [0.2, 0.25) is 0 Å². The van der Waals surface area contributed by atoms with Crippen molar-refractivity contribution in [3.05, 3.63) is 52.4 Å². The number of fused-ring (bicyclic) bond motifs is 1. The highest BCUT2D eigenvalue weighted by atomic mass is 32.2. The number of aromatic nitrogens is 3. The molecular weight excluding hydrogens is 424 g/mol. The van der Waals surface area contributed by atoms with E-state index in [2.05, 4.69) is 28.5 Å². The molecule has 2 aliphatic rings. The molecule has 2 atom stereocenters. The predicted molar refractivity (Wildman–Crippen MR) is 126 cm³/mol. The van der Waals surface area contributed by atoms with Crippen LogP contribution in [0.1, 0.15) is 53.9 Å². The molecule has 2 heterocycles. The van der Waals surface area contributed by atoms with Gasteiger partial charge in [0.25, 0.3) is 0 Å². The molecule has 5 rings (SSSR count). The zero-order valence-electron chi connectivity index (χ0n) is 18.0. The lowest BCUT2D eigenvalue weighted by Crippen LogP contribution is -2.29. The largest absolute Gasteiger partial charge is 0.352 e. The Bertz CT molecular complexity index is 1070. The summed E-state index contributed by atoms with van der Waals surface area (Å²) in [5, 5.41) is 12.6. The lowest BCUT2D eigenvalue weighted by atomic mass is 9.87. The van der Waals surface area contributed by atoms with Gasteiger partial charge in [0.2, 0.25) is 5.91 Å². The Kier molecular flexibility index (Phi) is 5.89. The summed E-state index contributed by atoms with van der Waals surface area (Å²) in [7, 11) is 2.01. The Balaban J connectivity index is 1.40. The third-order valence-corrected chi connectivity index (χ3v) is 8.83. The van der Waals surface area contributed by atoms with Gasteiger partial charge in [0.15, 0.2) is 11.0 Å². The maximum Gasteiger partial charge on any atom is 0.238 e. The fourth-order valence-corrected chi connectivity index (χ4v) is 6.44. The minimum Gasteiger partial charge on any atom is -0.352 e. The number of hydrogen-bond donors (Lipinski definition) is 1. The first kappa shape index (κ1) is 20.8. The van der Waals surface area contributed by atoms with E-state index in [1.165, 1.54) is 52.8 Å². The van der Waals surface area contributed by atoms with E-state index in [-0.39, 0.29) is 11.2 Å².